The van der Waals surface area contributed by atoms with Gasteiger partial charge in [0.2, 0.25) is 11.7 Å². The average molecular weight is 393 g/mol. The Bertz CT molecular complexity index is 980. The Morgan fingerprint density at radius 3 is 2.90 bits per heavy atom. The van der Waals surface area contributed by atoms with Gasteiger partial charge < -0.3 is 14.7 Å². The number of carbonyl (C=O) groups is 1. The lowest BCUT2D eigenvalue weighted by Crippen LogP contribution is -2.44. The third-order valence-electron chi connectivity index (χ3n) is 5.48. The summed E-state index contributed by atoms with van der Waals surface area (Å²) >= 11 is 0. The van der Waals surface area contributed by atoms with Crippen LogP contribution in [-0.4, -0.2) is 48.7 Å². The van der Waals surface area contributed by atoms with Crippen LogP contribution in [0.5, 0.6) is 0 Å². The van der Waals surface area contributed by atoms with E-state index in [1.807, 2.05) is 46.1 Å². The van der Waals surface area contributed by atoms with E-state index >= 15 is 0 Å². The molecule has 1 aromatic carbocycles. The maximum atomic E-state index is 12.7. The summed E-state index contributed by atoms with van der Waals surface area (Å²) in [6.07, 6.45) is 6.39. The second kappa shape index (κ2) is 7.65. The molecule has 3 aromatic rings. The van der Waals surface area contributed by atoms with E-state index in [9.17, 15) is 4.79 Å². The number of amides is 2. The molecule has 1 saturated heterocycles. The molecule has 2 fully saturated rings. The predicted octanol–water partition coefficient (Wildman–Crippen LogP) is 2.58. The normalized spacial score (nSPS) is 18.9. The molecule has 0 spiro atoms. The van der Waals surface area contributed by atoms with Crippen LogP contribution in [0.3, 0.4) is 0 Å². The number of nitrogens with zero attached hydrogens (tertiary/aromatic N) is 6. The van der Waals surface area contributed by atoms with Crippen LogP contribution >= 0.6 is 0 Å². The summed E-state index contributed by atoms with van der Waals surface area (Å²) in [5.74, 6) is 1.49. The lowest BCUT2D eigenvalue weighted by molar-refractivity contribution is 0.184. The Hall–Kier alpha value is -3.23. The molecule has 1 atom stereocenters. The molecule has 0 bridgehead atoms. The Balaban J connectivity index is 1.17. The smallest absolute Gasteiger partial charge is 0.318 e. The van der Waals surface area contributed by atoms with E-state index in [-0.39, 0.29) is 18.6 Å². The summed E-state index contributed by atoms with van der Waals surface area (Å²) in [6, 6.07) is 9.61. The van der Waals surface area contributed by atoms with Crippen molar-refractivity contribution < 1.29 is 9.32 Å². The number of urea groups is 1. The van der Waals surface area contributed by atoms with Crippen LogP contribution in [-0.2, 0) is 13.1 Å². The van der Waals surface area contributed by atoms with Gasteiger partial charge in [0, 0.05) is 24.2 Å². The molecule has 1 aliphatic heterocycles. The van der Waals surface area contributed by atoms with Gasteiger partial charge in [-0.1, -0.05) is 40.7 Å². The number of aromatic nitrogens is 5. The van der Waals surface area contributed by atoms with Crippen molar-refractivity contribution in [2.75, 3.05) is 6.54 Å². The zero-order chi connectivity index (χ0) is 19.6. The standard InChI is InChI=1S/C20H23N7O2/c28-20(21-11-18-22-19(24-29-18)15-5-2-1-3-6-15)27-10-4-7-16(27)12-26-13-17(23-25-26)14-8-9-14/h1-3,5-6,13-14,16H,4,7-12H2,(H,21,28)/t16-/m0/s1. The van der Waals surface area contributed by atoms with E-state index in [1.54, 1.807) is 0 Å². The molecule has 0 radical (unpaired) electrons. The van der Waals surface area contributed by atoms with Gasteiger partial charge in [-0.25, -0.2) is 4.79 Å². The topological polar surface area (TPSA) is 102 Å². The molecular weight excluding hydrogens is 370 g/mol. The molecule has 150 valence electrons. The summed E-state index contributed by atoms with van der Waals surface area (Å²) < 4.78 is 7.14. The lowest BCUT2D eigenvalue weighted by Gasteiger charge is -2.24. The zero-order valence-corrected chi connectivity index (χ0v) is 16.1. The maximum absolute atomic E-state index is 12.7. The summed E-state index contributed by atoms with van der Waals surface area (Å²) in [5.41, 5.74) is 1.96. The van der Waals surface area contributed by atoms with Gasteiger partial charge in [0.05, 0.1) is 24.8 Å². The average Bonchev–Trinajstić information content (AvgIpc) is 3.14. The molecule has 2 aromatic heterocycles. The van der Waals surface area contributed by atoms with E-state index < -0.39 is 0 Å². The Morgan fingerprint density at radius 1 is 1.21 bits per heavy atom. The van der Waals surface area contributed by atoms with Crippen molar-refractivity contribution in [1.29, 1.82) is 0 Å². The van der Waals surface area contributed by atoms with Crippen LogP contribution in [0.25, 0.3) is 11.4 Å². The van der Waals surface area contributed by atoms with E-state index in [0.29, 0.717) is 24.2 Å². The van der Waals surface area contributed by atoms with E-state index in [0.717, 1.165) is 30.6 Å². The van der Waals surface area contributed by atoms with Crippen LogP contribution < -0.4 is 5.32 Å². The lowest BCUT2D eigenvalue weighted by atomic mass is 10.2. The molecule has 1 aliphatic carbocycles. The van der Waals surface area contributed by atoms with Gasteiger partial charge in [-0.3, -0.25) is 4.68 Å². The van der Waals surface area contributed by atoms with Gasteiger partial charge in [0.1, 0.15) is 0 Å². The minimum atomic E-state index is -0.116. The molecule has 2 aliphatic rings. The number of benzene rings is 1. The summed E-state index contributed by atoms with van der Waals surface area (Å²) in [6.45, 7) is 1.61. The van der Waals surface area contributed by atoms with Crippen molar-refractivity contribution in [2.45, 2.75) is 50.7 Å². The van der Waals surface area contributed by atoms with Gasteiger partial charge in [-0.05, 0) is 25.7 Å². The Kier molecular flexibility index (Phi) is 4.71. The summed E-state index contributed by atoms with van der Waals surface area (Å²) in [5, 5.41) is 15.4. The molecule has 1 N–H and O–H groups in total. The number of carbonyl (C=O) groups excluding carboxylic acids is 1. The van der Waals surface area contributed by atoms with Crippen molar-refractivity contribution in [3.63, 3.8) is 0 Å². The molecule has 2 amide bonds. The van der Waals surface area contributed by atoms with Gasteiger partial charge in [-0.15, -0.1) is 5.10 Å². The maximum Gasteiger partial charge on any atom is 0.318 e. The SMILES string of the molecule is O=C(NCc1nc(-c2ccccc2)no1)N1CCC[C@H]1Cn1cc(C2CC2)nn1. The number of hydrogen-bond acceptors (Lipinski definition) is 6. The van der Waals surface area contributed by atoms with Gasteiger partial charge in [-0.2, -0.15) is 4.98 Å². The molecule has 5 rings (SSSR count). The largest absolute Gasteiger partial charge is 0.337 e. The fraction of sp³-hybridized carbons (Fsp3) is 0.450. The van der Waals surface area contributed by atoms with Crippen LogP contribution in [0.2, 0.25) is 0 Å². The molecule has 3 heterocycles. The number of hydrogen-bond donors (Lipinski definition) is 1. The van der Waals surface area contributed by atoms with E-state index in [4.69, 9.17) is 4.52 Å². The highest BCUT2D eigenvalue weighted by molar-refractivity contribution is 5.74. The third-order valence-corrected chi connectivity index (χ3v) is 5.48. The monoisotopic (exact) mass is 393 g/mol. The quantitative estimate of drug-likeness (QED) is 0.691. The van der Waals surface area contributed by atoms with Crippen molar-refractivity contribution in [3.05, 3.63) is 48.1 Å². The molecule has 1 saturated carbocycles. The van der Waals surface area contributed by atoms with Crippen molar-refractivity contribution in [2.24, 2.45) is 0 Å². The second-order valence-electron chi connectivity index (χ2n) is 7.67. The minimum absolute atomic E-state index is 0.116. The van der Waals surface area contributed by atoms with Gasteiger partial charge >= 0.3 is 6.03 Å². The number of rotatable bonds is 6. The second-order valence-corrected chi connectivity index (χ2v) is 7.67. The highest BCUT2D eigenvalue weighted by atomic mass is 16.5. The van der Waals surface area contributed by atoms with Crippen molar-refractivity contribution >= 4 is 6.03 Å². The molecule has 0 unspecified atom stereocenters. The first-order chi connectivity index (χ1) is 14.3. The van der Waals surface area contributed by atoms with Crippen LogP contribution in [0.15, 0.2) is 41.1 Å². The highest BCUT2D eigenvalue weighted by Gasteiger charge is 2.31. The number of likely N-dealkylation sites (tertiary alicyclic amines) is 1. The van der Waals surface area contributed by atoms with E-state index in [1.165, 1.54) is 12.8 Å². The first kappa shape index (κ1) is 17.8. The van der Waals surface area contributed by atoms with Crippen molar-refractivity contribution in [3.8, 4) is 11.4 Å². The fourth-order valence-corrected chi connectivity index (χ4v) is 3.76. The summed E-state index contributed by atoms with van der Waals surface area (Å²) in [4.78, 5) is 18.9. The molecule has 29 heavy (non-hydrogen) atoms. The first-order valence-electron chi connectivity index (χ1n) is 10.1. The molecule has 9 nitrogen and oxygen atoms in total. The number of nitrogens with one attached hydrogen (secondary N) is 1. The Labute approximate surface area is 168 Å². The fourth-order valence-electron chi connectivity index (χ4n) is 3.76. The third kappa shape index (κ3) is 3.98. The molecule has 9 heteroatoms. The summed E-state index contributed by atoms with van der Waals surface area (Å²) in [7, 11) is 0. The van der Waals surface area contributed by atoms with Crippen LogP contribution in [0, 0.1) is 0 Å². The van der Waals surface area contributed by atoms with Gasteiger partial charge in [0.25, 0.3) is 0 Å². The highest BCUT2D eigenvalue weighted by Crippen LogP contribution is 2.38. The molecular formula is C20H23N7O2. The Morgan fingerprint density at radius 2 is 2.07 bits per heavy atom. The zero-order valence-electron chi connectivity index (χ0n) is 16.1. The predicted molar refractivity (Wildman–Crippen MR) is 104 cm³/mol. The first-order valence-corrected chi connectivity index (χ1v) is 10.1. The van der Waals surface area contributed by atoms with Crippen LogP contribution in [0.1, 0.15) is 43.2 Å². The van der Waals surface area contributed by atoms with Crippen molar-refractivity contribution in [1.82, 2.24) is 35.4 Å². The van der Waals surface area contributed by atoms with E-state index in [2.05, 4.69) is 25.8 Å². The van der Waals surface area contributed by atoms with Crippen LogP contribution in [0.4, 0.5) is 4.79 Å². The van der Waals surface area contributed by atoms with Gasteiger partial charge in [0.15, 0.2) is 0 Å². The minimum Gasteiger partial charge on any atom is -0.337 e.